The monoisotopic (exact) mass is 523 g/mol. The molecule has 0 aromatic heterocycles. The average Bonchev–Trinajstić information content (AvgIpc) is 3.30. The number of anilines is 2. The van der Waals surface area contributed by atoms with Crippen molar-refractivity contribution in [3.8, 4) is 16.9 Å². The van der Waals surface area contributed by atoms with E-state index in [4.69, 9.17) is 0 Å². The van der Waals surface area contributed by atoms with Crippen LogP contribution in [-0.2, 0) is 16.4 Å². The number of aromatic hydroxyl groups is 1. The van der Waals surface area contributed by atoms with E-state index in [9.17, 15) is 27.5 Å². The van der Waals surface area contributed by atoms with E-state index in [1.807, 2.05) is 24.3 Å². The summed E-state index contributed by atoms with van der Waals surface area (Å²) in [6.07, 6.45) is 0.984. The summed E-state index contributed by atoms with van der Waals surface area (Å²) >= 11 is 0. The SMILES string of the molecule is CS(=O)(=O)Nc1cc(N2CCc3cc(-c4ccc(C(=O)N5CC[C@H](F)C5)cc4)ccc3C2=O)ccc1O. The first-order valence-electron chi connectivity index (χ1n) is 11.9. The summed E-state index contributed by atoms with van der Waals surface area (Å²) in [6, 6.07) is 17.1. The molecule has 0 spiro atoms. The van der Waals surface area contributed by atoms with E-state index in [0.29, 0.717) is 42.7 Å². The van der Waals surface area contributed by atoms with Gasteiger partial charge in [0.1, 0.15) is 11.9 Å². The number of amides is 2. The maximum Gasteiger partial charge on any atom is 0.258 e. The van der Waals surface area contributed by atoms with Crippen LogP contribution in [0.1, 0.15) is 32.7 Å². The fraction of sp³-hybridized carbons (Fsp3) is 0.259. The standard InChI is InChI=1S/C27H26FN3O5S/c1-37(35,36)29-24-15-22(7-9-25(24)32)31-13-10-20-14-19(6-8-23(20)27(31)34)17-2-4-18(5-3-17)26(33)30-12-11-21(28)16-30/h2-9,14-15,21,29,32H,10-13,16H2,1H3/t21-/m0/s1. The second kappa shape index (κ2) is 9.51. The van der Waals surface area contributed by atoms with Crippen molar-refractivity contribution in [3.63, 3.8) is 0 Å². The number of alkyl halides is 1. The van der Waals surface area contributed by atoms with Crippen molar-refractivity contribution in [2.45, 2.75) is 19.0 Å². The number of carbonyl (C=O) groups excluding carboxylic acids is 2. The Labute approximate surface area is 214 Å². The van der Waals surface area contributed by atoms with Crippen LogP contribution in [0.15, 0.2) is 60.7 Å². The molecule has 0 aliphatic carbocycles. The molecule has 0 saturated carbocycles. The van der Waals surface area contributed by atoms with E-state index in [0.717, 1.165) is 22.9 Å². The van der Waals surface area contributed by atoms with Gasteiger partial charge in [0.25, 0.3) is 11.8 Å². The highest BCUT2D eigenvalue weighted by Gasteiger charge is 2.28. The molecule has 0 bridgehead atoms. The van der Waals surface area contributed by atoms with Gasteiger partial charge in [0.05, 0.1) is 18.5 Å². The lowest BCUT2D eigenvalue weighted by atomic mass is 9.93. The molecule has 2 aliphatic rings. The Bertz CT molecular complexity index is 1490. The minimum atomic E-state index is -3.60. The summed E-state index contributed by atoms with van der Waals surface area (Å²) in [5, 5.41) is 10.0. The molecular weight excluding hydrogens is 497 g/mol. The highest BCUT2D eigenvalue weighted by Crippen LogP contribution is 2.33. The minimum Gasteiger partial charge on any atom is -0.506 e. The van der Waals surface area contributed by atoms with Crippen molar-refractivity contribution in [2.24, 2.45) is 0 Å². The zero-order valence-electron chi connectivity index (χ0n) is 20.1. The van der Waals surface area contributed by atoms with Gasteiger partial charge in [0.15, 0.2) is 0 Å². The van der Waals surface area contributed by atoms with Gasteiger partial charge in [0, 0.05) is 29.9 Å². The molecule has 2 heterocycles. The topological polar surface area (TPSA) is 107 Å². The number of likely N-dealkylation sites (tertiary alicyclic amines) is 1. The Morgan fingerprint density at radius 2 is 1.76 bits per heavy atom. The van der Waals surface area contributed by atoms with Crippen molar-refractivity contribution in [1.29, 1.82) is 0 Å². The van der Waals surface area contributed by atoms with Gasteiger partial charge in [-0.25, -0.2) is 12.8 Å². The van der Waals surface area contributed by atoms with E-state index < -0.39 is 16.2 Å². The molecule has 3 aromatic rings. The molecule has 3 aromatic carbocycles. The summed E-state index contributed by atoms with van der Waals surface area (Å²) in [5.74, 6) is -0.628. The Morgan fingerprint density at radius 3 is 2.43 bits per heavy atom. The van der Waals surface area contributed by atoms with Gasteiger partial charge in [-0.1, -0.05) is 24.3 Å². The maximum atomic E-state index is 13.5. The smallest absolute Gasteiger partial charge is 0.258 e. The van der Waals surface area contributed by atoms with Crippen LogP contribution >= 0.6 is 0 Å². The Kier molecular flexibility index (Phi) is 6.36. The molecule has 192 valence electrons. The summed E-state index contributed by atoms with van der Waals surface area (Å²) in [6.45, 7) is 0.949. The molecule has 8 nitrogen and oxygen atoms in total. The van der Waals surface area contributed by atoms with Gasteiger partial charge in [-0.3, -0.25) is 14.3 Å². The van der Waals surface area contributed by atoms with Crippen LogP contribution in [0, 0.1) is 0 Å². The molecule has 1 atom stereocenters. The van der Waals surface area contributed by atoms with Crippen LogP contribution in [0.5, 0.6) is 5.75 Å². The zero-order valence-corrected chi connectivity index (χ0v) is 21.0. The van der Waals surface area contributed by atoms with Gasteiger partial charge < -0.3 is 14.9 Å². The van der Waals surface area contributed by atoms with Crippen molar-refractivity contribution < 1.29 is 27.5 Å². The first kappa shape index (κ1) is 24.8. The van der Waals surface area contributed by atoms with Gasteiger partial charge in [-0.15, -0.1) is 0 Å². The van der Waals surface area contributed by atoms with Crippen LogP contribution in [-0.4, -0.2) is 62.3 Å². The van der Waals surface area contributed by atoms with E-state index in [1.165, 1.54) is 17.0 Å². The summed E-state index contributed by atoms with van der Waals surface area (Å²) in [4.78, 5) is 28.9. The fourth-order valence-electron chi connectivity index (χ4n) is 4.78. The molecule has 0 unspecified atom stereocenters. The summed E-state index contributed by atoms with van der Waals surface area (Å²) in [7, 11) is -3.60. The first-order chi connectivity index (χ1) is 17.6. The van der Waals surface area contributed by atoms with E-state index in [2.05, 4.69) is 4.72 Å². The van der Waals surface area contributed by atoms with E-state index in [-0.39, 0.29) is 29.8 Å². The van der Waals surface area contributed by atoms with Crippen LogP contribution in [0.2, 0.25) is 0 Å². The second-order valence-corrected chi connectivity index (χ2v) is 11.1. The molecule has 10 heteroatoms. The lowest BCUT2D eigenvalue weighted by molar-refractivity contribution is 0.0782. The zero-order chi connectivity index (χ0) is 26.3. The normalized spacial score (nSPS) is 17.6. The lowest BCUT2D eigenvalue weighted by Gasteiger charge is -2.29. The third-order valence-electron chi connectivity index (χ3n) is 6.66. The predicted octanol–water partition coefficient (Wildman–Crippen LogP) is 3.82. The number of benzene rings is 3. The first-order valence-corrected chi connectivity index (χ1v) is 13.8. The molecule has 37 heavy (non-hydrogen) atoms. The van der Waals surface area contributed by atoms with Crippen LogP contribution in [0.25, 0.3) is 11.1 Å². The van der Waals surface area contributed by atoms with Crippen LogP contribution < -0.4 is 9.62 Å². The number of halogens is 1. The lowest BCUT2D eigenvalue weighted by Crippen LogP contribution is -2.37. The number of nitrogens with zero attached hydrogens (tertiary/aromatic N) is 2. The van der Waals surface area contributed by atoms with Gasteiger partial charge in [-0.05, 0) is 65.9 Å². The molecule has 5 rings (SSSR count). The fourth-order valence-corrected chi connectivity index (χ4v) is 5.34. The van der Waals surface area contributed by atoms with E-state index >= 15 is 0 Å². The average molecular weight is 524 g/mol. The third kappa shape index (κ3) is 5.15. The molecule has 0 radical (unpaired) electrons. The van der Waals surface area contributed by atoms with Gasteiger partial charge in [-0.2, -0.15) is 0 Å². The predicted molar refractivity (Wildman–Crippen MR) is 139 cm³/mol. The largest absolute Gasteiger partial charge is 0.506 e. The molecule has 2 aliphatic heterocycles. The Hall–Kier alpha value is -3.92. The highest BCUT2D eigenvalue weighted by molar-refractivity contribution is 7.92. The van der Waals surface area contributed by atoms with Crippen molar-refractivity contribution in [3.05, 3.63) is 77.4 Å². The number of phenolic OH excluding ortho intramolecular Hbond substituents is 1. The molecule has 1 fully saturated rings. The number of phenols is 1. The minimum absolute atomic E-state index is 0.00474. The molecule has 1 saturated heterocycles. The van der Waals surface area contributed by atoms with Crippen molar-refractivity contribution in [2.75, 3.05) is 35.5 Å². The third-order valence-corrected chi connectivity index (χ3v) is 7.25. The van der Waals surface area contributed by atoms with Gasteiger partial charge in [0.2, 0.25) is 10.0 Å². The summed E-state index contributed by atoms with van der Waals surface area (Å²) < 4.78 is 38.9. The number of fused-ring (bicyclic) bond motifs is 1. The molecule has 2 N–H and O–H groups in total. The van der Waals surface area contributed by atoms with Gasteiger partial charge >= 0.3 is 0 Å². The Balaban J connectivity index is 1.35. The Morgan fingerprint density at radius 1 is 1.03 bits per heavy atom. The summed E-state index contributed by atoms with van der Waals surface area (Å²) in [5.41, 5.74) is 4.23. The number of rotatable bonds is 5. The highest BCUT2D eigenvalue weighted by atomic mass is 32.2. The molecular formula is C27H26FN3O5S. The quantitative estimate of drug-likeness (QED) is 0.495. The molecule has 2 amide bonds. The second-order valence-electron chi connectivity index (χ2n) is 9.37. The maximum absolute atomic E-state index is 13.5. The van der Waals surface area contributed by atoms with Crippen LogP contribution in [0.4, 0.5) is 15.8 Å². The van der Waals surface area contributed by atoms with Crippen molar-refractivity contribution >= 4 is 33.2 Å². The number of nitrogens with one attached hydrogen (secondary N) is 1. The number of hydrogen-bond donors (Lipinski definition) is 2. The van der Waals surface area contributed by atoms with Crippen molar-refractivity contribution in [1.82, 2.24) is 4.90 Å². The number of sulfonamides is 1. The number of carbonyl (C=O) groups is 2. The number of hydrogen-bond acceptors (Lipinski definition) is 5. The van der Waals surface area contributed by atoms with E-state index in [1.54, 1.807) is 29.2 Å². The van der Waals surface area contributed by atoms with Crippen LogP contribution in [0.3, 0.4) is 0 Å².